The summed E-state index contributed by atoms with van der Waals surface area (Å²) in [6.07, 6.45) is 2.71. The Labute approximate surface area is 198 Å². The van der Waals surface area contributed by atoms with Gasteiger partial charge in [0.1, 0.15) is 5.54 Å². The third-order valence-corrected chi connectivity index (χ3v) is 7.59. The first-order valence-electron chi connectivity index (χ1n) is 11.2. The average Bonchev–Trinajstić information content (AvgIpc) is 3.37. The van der Waals surface area contributed by atoms with Gasteiger partial charge in [-0.3, -0.25) is 19.7 Å². The Hall–Kier alpha value is -2.90. The SMILES string of the molecule is C=C(C)CN1C(=O)[C@]2(N[C@H](CCSC)[C@@H]3C(=O)N(c4ccccc4)C(=O)[C@@H]32)c2ccccc21. The van der Waals surface area contributed by atoms with Gasteiger partial charge >= 0.3 is 0 Å². The standard InChI is InChI=1S/C26H27N3O3S/c1-16(2)15-28-20-12-8-7-11-18(20)26(25(28)32)22-21(19(27-26)13-14-33-3)23(30)29(24(22)31)17-9-5-4-6-10-17/h4-12,19,21-22,27H,1,13-15H2,2-3H3/t19-,21+,22-,26+/m1/s1. The Morgan fingerprint density at radius 3 is 2.45 bits per heavy atom. The van der Waals surface area contributed by atoms with Crippen molar-refractivity contribution in [2.45, 2.75) is 24.9 Å². The molecule has 170 valence electrons. The lowest BCUT2D eigenvalue weighted by atomic mass is 9.76. The van der Waals surface area contributed by atoms with Crippen molar-refractivity contribution in [1.82, 2.24) is 5.32 Å². The number of carbonyl (C=O) groups is 3. The molecular weight excluding hydrogens is 434 g/mol. The summed E-state index contributed by atoms with van der Waals surface area (Å²) in [6.45, 7) is 6.25. The maximum absolute atomic E-state index is 14.1. The highest BCUT2D eigenvalue weighted by Crippen LogP contribution is 2.55. The van der Waals surface area contributed by atoms with Gasteiger partial charge in [0.25, 0.3) is 5.91 Å². The van der Waals surface area contributed by atoms with Gasteiger partial charge in [0.15, 0.2) is 0 Å². The van der Waals surface area contributed by atoms with E-state index in [1.165, 1.54) is 4.90 Å². The van der Waals surface area contributed by atoms with Crippen molar-refractivity contribution < 1.29 is 14.4 Å². The van der Waals surface area contributed by atoms with Gasteiger partial charge in [-0.2, -0.15) is 11.8 Å². The van der Waals surface area contributed by atoms with E-state index in [2.05, 4.69) is 11.9 Å². The first-order chi connectivity index (χ1) is 15.9. The minimum absolute atomic E-state index is 0.176. The third-order valence-electron chi connectivity index (χ3n) is 6.94. The van der Waals surface area contributed by atoms with Gasteiger partial charge in [-0.25, -0.2) is 4.90 Å². The van der Waals surface area contributed by atoms with E-state index in [1.807, 2.05) is 55.6 Å². The van der Waals surface area contributed by atoms with Gasteiger partial charge in [0.2, 0.25) is 11.8 Å². The average molecular weight is 462 g/mol. The van der Waals surface area contributed by atoms with Crippen LogP contribution in [0.15, 0.2) is 66.7 Å². The number of thioether (sulfide) groups is 1. The van der Waals surface area contributed by atoms with Gasteiger partial charge in [-0.05, 0) is 43.6 Å². The Morgan fingerprint density at radius 2 is 1.76 bits per heavy atom. The number of hydrogen-bond acceptors (Lipinski definition) is 5. The van der Waals surface area contributed by atoms with Crippen LogP contribution in [-0.2, 0) is 19.9 Å². The molecule has 0 bridgehead atoms. The van der Waals surface area contributed by atoms with E-state index >= 15 is 0 Å². The number of hydrogen-bond donors (Lipinski definition) is 1. The first-order valence-corrected chi connectivity index (χ1v) is 12.6. The van der Waals surface area contributed by atoms with Crippen molar-refractivity contribution in [2.24, 2.45) is 11.8 Å². The first kappa shape index (κ1) is 21.9. The molecule has 0 unspecified atom stereocenters. The van der Waals surface area contributed by atoms with Crippen LogP contribution in [0.3, 0.4) is 0 Å². The molecule has 6 nitrogen and oxygen atoms in total. The second-order valence-electron chi connectivity index (χ2n) is 9.06. The predicted octanol–water partition coefficient (Wildman–Crippen LogP) is 3.34. The van der Waals surface area contributed by atoms with Gasteiger partial charge < -0.3 is 4.90 Å². The van der Waals surface area contributed by atoms with E-state index in [-0.39, 0.29) is 23.8 Å². The van der Waals surface area contributed by atoms with E-state index in [1.54, 1.807) is 28.8 Å². The number of carbonyl (C=O) groups excluding carboxylic acids is 3. The quantitative estimate of drug-likeness (QED) is 0.528. The molecule has 5 rings (SSSR count). The second kappa shape index (κ2) is 8.15. The monoisotopic (exact) mass is 461 g/mol. The summed E-state index contributed by atoms with van der Waals surface area (Å²) < 4.78 is 0. The number of para-hydroxylation sites is 2. The molecule has 3 aliphatic rings. The number of imide groups is 1. The molecule has 0 aliphatic carbocycles. The maximum Gasteiger partial charge on any atom is 0.253 e. The smallest absolute Gasteiger partial charge is 0.253 e. The van der Waals surface area contributed by atoms with Gasteiger partial charge in [-0.1, -0.05) is 48.6 Å². The van der Waals surface area contributed by atoms with Crippen molar-refractivity contribution in [1.29, 1.82) is 0 Å². The fraction of sp³-hybridized carbons (Fsp3) is 0.346. The Kier molecular flexibility index (Phi) is 5.41. The van der Waals surface area contributed by atoms with Crippen LogP contribution < -0.4 is 15.1 Å². The van der Waals surface area contributed by atoms with E-state index in [9.17, 15) is 14.4 Å². The van der Waals surface area contributed by atoms with E-state index in [4.69, 9.17) is 0 Å². The summed E-state index contributed by atoms with van der Waals surface area (Å²) >= 11 is 1.69. The molecule has 0 radical (unpaired) electrons. The number of anilines is 2. The van der Waals surface area contributed by atoms with Crippen LogP contribution in [0.1, 0.15) is 18.9 Å². The second-order valence-corrected chi connectivity index (χ2v) is 10.0. The normalized spacial score (nSPS) is 28.1. The number of benzene rings is 2. The van der Waals surface area contributed by atoms with Crippen LogP contribution in [0.5, 0.6) is 0 Å². The zero-order chi connectivity index (χ0) is 23.3. The molecule has 2 aromatic carbocycles. The number of amides is 3. The van der Waals surface area contributed by atoms with Crippen LogP contribution >= 0.6 is 11.8 Å². The molecule has 7 heteroatoms. The van der Waals surface area contributed by atoms with Crippen molar-refractivity contribution >= 4 is 40.9 Å². The van der Waals surface area contributed by atoms with E-state index < -0.39 is 17.4 Å². The van der Waals surface area contributed by atoms with Crippen molar-refractivity contribution in [3.05, 3.63) is 72.3 Å². The van der Waals surface area contributed by atoms with Crippen molar-refractivity contribution in [3.63, 3.8) is 0 Å². The van der Waals surface area contributed by atoms with Gasteiger partial charge in [-0.15, -0.1) is 0 Å². The minimum atomic E-state index is -1.25. The van der Waals surface area contributed by atoms with Crippen LogP contribution in [0.2, 0.25) is 0 Å². The summed E-state index contributed by atoms with van der Waals surface area (Å²) in [7, 11) is 0. The van der Waals surface area contributed by atoms with Crippen LogP contribution in [0.25, 0.3) is 0 Å². The zero-order valence-corrected chi connectivity index (χ0v) is 19.6. The molecule has 1 spiro atoms. The number of nitrogens with one attached hydrogen (secondary N) is 1. The van der Waals surface area contributed by atoms with E-state index in [0.717, 1.165) is 22.6 Å². The Morgan fingerprint density at radius 1 is 1.06 bits per heavy atom. The molecule has 2 fully saturated rings. The molecule has 1 N–H and O–H groups in total. The fourth-order valence-corrected chi connectivity index (χ4v) is 6.19. The molecule has 3 amide bonds. The molecule has 0 aromatic heterocycles. The summed E-state index contributed by atoms with van der Waals surface area (Å²) in [5.74, 6) is -1.27. The number of rotatable bonds is 6. The highest BCUT2D eigenvalue weighted by molar-refractivity contribution is 7.98. The van der Waals surface area contributed by atoms with Crippen LogP contribution in [0, 0.1) is 11.8 Å². The lowest BCUT2D eigenvalue weighted by Gasteiger charge is -2.30. The van der Waals surface area contributed by atoms with Crippen LogP contribution in [-0.4, -0.2) is 42.3 Å². The zero-order valence-electron chi connectivity index (χ0n) is 18.8. The largest absolute Gasteiger partial charge is 0.306 e. The number of fused-ring (bicyclic) bond motifs is 4. The van der Waals surface area contributed by atoms with Gasteiger partial charge in [0, 0.05) is 23.8 Å². The molecule has 4 atom stereocenters. The predicted molar refractivity (Wildman–Crippen MR) is 131 cm³/mol. The maximum atomic E-state index is 14.1. The fourth-order valence-electron chi connectivity index (χ4n) is 5.70. The Balaban J connectivity index is 1.67. The Bertz CT molecular complexity index is 1150. The topological polar surface area (TPSA) is 69.7 Å². The van der Waals surface area contributed by atoms with Crippen molar-refractivity contribution in [3.8, 4) is 0 Å². The third kappa shape index (κ3) is 3.09. The lowest BCUT2D eigenvalue weighted by Crippen LogP contribution is -2.55. The van der Waals surface area contributed by atoms with E-state index in [0.29, 0.717) is 18.7 Å². The highest BCUT2D eigenvalue weighted by atomic mass is 32.2. The van der Waals surface area contributed by atoms with Gasteiger partial charge in [0.05, 0.1) is 17.5 Å². The highest BCUT2D eigenvalue weighted by Gasteiger charge is 2.71. The molecule has 2 aromatic rings. The molecule has 33 heavy (non-hydrogen) atoms. The molecule has 3 aliphatic heterocycles. The lowest BCUT2D eigenvalue weighted by molar-refractivity contribution is -0.132. The summed E-state index contributed by atoms with van der Waals surface area (Å²) in [6, 6.07) is 16.4. The molecule has 2 saturated heterocycles. The number of nitrogens with zero attached hydrogens (tertiary/aromatic N) is 2. The molecule has 3 heterocycles. The van der Waals surface area contributed by atoms with Crippen LogP contribution in [0.4, 0.5) is 11.4 Å². The molecular formula is C26H27N3O3S. The summed E-state index contributed by atoms with van der Waals surface area (Å²) in [5.41, 5.74) is 1.70. The summed E-state index contributed by atoms with van der Waals surface area (Å²) in [5, 5.41) is 3.54. The minimum Gasteiger partial charge on any atom is -0.306 e. The van der Waals surface area contributed by atoms with Crippen molar-refractivity contribution in [2.75, 3.05) is 28.4 Å². The summed E-state index contributed by atoms with van der Waals surface area (Å²) in [4.78, 5) is 44.8. The molecule has 0 saturated carbocycles.